The Labute approximate surface area is 237 Å². The van der Waals surface area contributed by atoms with Crippen LogP contribution < -0.4 is 16.4 Å². The van der Waals surface area contributed by atoms with Crippen molar-refractivity contribution < 1.29 is 19.1 Å². The maximum atomic E-state index is 13.8. The zero-order chi connectivity index (χ0) is 29.3. The van der Waals surface area contributed by atoms with Gasteiger partial charge in [0.25, 0.3) is 5.91 Å². The molecule has 4 N–H and O–H groups in total. The van der Waals surface area contributed by atoms with Gasteiger partial charge in [-0.25, -0.2) is 9.79 Å². The molecule has 2 aromatic carbocycles. The van der Waals surface area contributed by atoms with Gasteiger partial charge in [0, 0.05) is 19.0 Å². The third-order valence-corrected chi connectivity index (χ3v) is 7.24. The van der Waals surface area contributed by atoms with Crippen LogP contribution in [0.1, 0.15) is 58.1 Å². The Morgan fingerprint density at radius 2 is 1.62 bits per heavy atom. The molecule has 3 amide bonds. The fourth-order valence-electron chi connectivity index (χ4n) is 5.18. The Kier molecular flexibility index (Phi) is 10.7. The van der Waals surface area contributed by atoms with E-state index in [2.05, 4.69) is 24.5 Å². The molecular formula is C31H43N5O4. The Hall–Kier alpha value is -3.88. The summed E-state index contributed by atoms with van der Waals surface area (Å²) in [5.41, 5.74) is 7.07. The minimum atomic E-state index is -1.02. The molecule has 216 valence electrons. The number of carbonyl (C=O) groups excluding carboxylic acids is 3. The van der Waals surface area contributed by atoms with Crippen LogP contribution in [0.2, 0.25) is 0 Å². The van der Waals surface area contributed by atoms with E-state index in [1.54, 1.807) is 4.90 Å². The SMILES string of the molecule is COC(=O)N[C@@H](Cc1ccccc1)C(=O)NC(CCCN1C(=O)[C@@](CC(C)C)(c2ccccc2)N=C1N)C(C)C. The number of amides is 3. The number of nitrogens with zero attached hydrogens (tertiary/aromatic N) is 2. The van der Waals surface area contributed by atoms with E-state index in [4.69, 9.17) is 15.5 Å². The van der Waals surface area contributed by atoms with Crippen LogP contribution in [0.15, 0.2) is 65.7 Å². The fourth-order valence-corrected chi connectivity index (χ4v) is 5.18. The summed E-state index contributed by atoms with van der Waals surface area (Å²) >= 11 is 0. The number of nitrogens with two attached hydrogens (primary N) is 1. The first-order valence-corrected chi connectivity index (χ1v) is 14.0. The van der Waals surface area contributed by atoms with Crippen molar-refractivity contribution in [2.45, 2.75) is 71.0 Å². The molecule has 3 atom stereocenters. The largest absolute Gasteiger partial charge is 0.453 e. The van der Waals surface area contributed by atoms with E-state index in [1.165, 1.54) is 7.11 Å². The van der Waals surface area contributed by atoms with E-state index in [0.29, 0.717) is 32.2 Å². The van der Waals surface area contributed by atoms with E-state index < -0.39 is 17.7 Å². The molecule has 0 aromatic heterocycles. The predicted molar refractivity (Wildman–Crippen MR) is 156 cm³/mol. The highest BCUT2D eigenvalue weighted by atomic mass is 16.5. The van der Waals surface area contributed by atoms with Gasteiger partial charge in [-0.15, -0.1) is 0 Å². The smallest absolute Gasteiger partial charge is 0.407 e. The molecule has 1 aliphatic heterocycles. The van der Waals surface area contributed by atoms with Gasteiger partial charge < -0.3 is 21.1 Å². The van der Waals surface area contributed by atoms with Crippen LogP contribution in [0.3, 0.4) is 0 Å². The summed E-state index contributed by atoms with van der Waals surface area (Å²) in [6, 6.07) is 18.1. The van der Waals surface area contributed by atoms with Crippen LogP contribution in [0.4, 0.5) is 4.79 Å². The molecule has 0 bridgehead atoms. The molecule has 3 rings (SSSR count). The normalized spacial score (nSPS) is 18.4. The zero-order valence-electron chi connectivity index (χ0n) is 24.2. The van der Waals surface area contributed by atoms with E-state index in [1.807, 2.05) is 74.5 Å². The first-order valence-electron chi connectivity index (χ1n) is 14.0. The number of carbonyl (C=O) groups is 3. The molecule has 1 aliphatic rings. The molecule has 0 aliphatic carbocycles. The lowest BCUT2D eigenvalue weighted by atomic mass is 9.82. The lowest BCUT2D eigenvalue weighted by Gasteiger charge is -2.29. The third-order valence-electron chi connectivity index (χ3n) is 7.24. The molecule has 0 saturated carbocycles. The quantitative estimate of drug-likeness (QED) is 0.349. The third kappa shape index (κ3) is 7.61. The van der Waals surface area contributed by atoms with E-state index in [9.17, 15) is 14.4 Å². The molecule has 2 aromatic rings. The average molecular weight is 550 g/mol. The summed E-state index contributed by atoms with van der Waals surface area (Å²) in [5.74, 6) is 0.198. The first kappa shape index (κ1) is 30.7. The van der Waals surface area contributed by atoms with Gasteiger partial charge in [0.05, 0.1) is 7.11 Å². The number of guanidine groups is 1. The van der Waals surface area contributed by atoms with Gasteiger partial charge in [-0.05, 0) is 42.2 Å². The number of aliphatic imine (C=N–C) groups is 1. The van der Waals surface area contributed by atoms with Gasteiger partial charge in [-0.1, -0.05) is 88.4 Å². The zero-order valence-corrected chi connectivity index (χ0v) is 24.2. The van der Waals surface area contributed by atoms with Crippen LogP contribution in [0.25, 0.3) is 0 Å². The predicted octanol–water partition coefficient (Wildman–Crippen LogP) is 3.97. The van der Waals surface area contributed by atoms with Gasteiger partial charge in [-0.3, -0.25) is 14.5 Å². The summed E-state index contributed by atoms with van der Waals surface area (Å²) in [6.45, 7) is 8.61. The van der Waals surface area contributed by atoms with Crippen molar-refractivity contribution in [3.63, 3.8) is 0 Å². The maximum absolute atomic E-state index is 13.8. The molecule has 9 nitrogen and oxygen atoms in total. The van der Waals surface area contributed by atoms with Crippen molar-refractivity contribution in [1.82, 2.24) is 15.5 Å². The Morgan fingerprint density at radius 1 is 1.00 bits per heavy atom. The van der Waals surface area contributed by atoms with Gasteiger partial charge in [0.1, 0.15) is 6.04 Å². The molecule has 0 radical (unpaired) electrons. The summed E-state index contributed by atoms with van der Waals surface area (Å²) in [5, 5.41) is 5.76. The number of rotatable bonds is 13. The molecule has 9 heteroatoms. The number of ether oxygens (including phenoxy) is 1. The molecule has 0 spiro atoms. The Bertz CT molecular complexity index is 1170. The second-order valence-corrected chi connectivity index (χ2v) is 11.1. The number of hydrogen-bond acceptors (Lipinski definition) is 6. The van der Waals surface area contributed by atoms with Crippen molar-refractivity contribution in [1.29, 1.82) is 0 Å². The van der Waals surface area contributed by atoms with Crippen LogP contribution in [0.5, 0.6) is 0 Å². The highest BCUT2D eigenvalue weighted by Crippen LogP contribution is 2.38. The van der Waals surface area contributed by atoms with Gasteiger partial charge in [0.15, 0.2) is 11.5 Å². The number of methoxy groups -OCH3 is 1. The Balaban J connectivity index is 1.67. The summed E-state index contributed by atoms with van der Waals surface area (Å²) in [7, 11) is 1.27. The van der Waals surface area contributed by atoms with Crippen LogP contribution >= 0.6 is 0 Å². The van der Waals surface area contributed by atoms with Crippen molar-refractivity contribution in [3.8, 4) is 0 Å². The number of nitrogens with one attached hydrogen (secondary N) is 2. The monoisotopic (exact) mass is 549 g/mol. The van der Waals surface area contributed by atoms with E-state index in [0.717, 1.165) is 11.1 Å². The van der Waals surface area contributed by atoms with Crippen LogP contribution in [0, 0.1) is 11.8 Å². The van der Waals surface area contributed by atoms with Gasteiger partial charge >= 0.3 is 6.09 Å². The van der Waals surface area contributed by atoms with E-state index >= 15 is 0 Å². The van der Waals surface area contributed by atoms with Gasteiger partial charge in [0.2, 0.25) is 5.91 Å². The second kappa shape index (κ2) is 14.0. The lowest BCUT2D eigenvalue weighted by Crippen LogP contribution is -2.52. The molecule has 1 unspecified atom stereocenters. The molecular weight excluding hydrogens is 506 g/mol. The number of alkyl carbamates (subject to hydrolysis) is 1. The average Bonchev–Trinajstić information content (AvgIpc) is 3.17. The number of benzene rings is 2. The highest BCUT2D eigenvalue weighted by Gasteiger charge is 2.49. The van der Waals surface area contributed by atoms with Crippen molar-refractivity contribution in [3.05, 3.63) is 71.8 Å². The van der Waals surface area contributed by atoms with Crippen molar-refractivity contribution in [2.24, 2.45) is 22.6 Å². The first-order chi connectivity index (χ1) is 19.1. The fraction of sp³-hybridized carbons (Fsp3) is 0.484. The summed E-state index contributed by atoms with van der Waals surface area (Å²) < 4.78 is 4.75. The molecule has 0 fully saturated rings. The Morgan fingerprint density at radius 3 is 2.20 bits per heavy atom. The van der Waals surface area contributed by atoms with Crippen LogP contribution in [-0.2, 0) is 26.3 Å². The van der Waals surface area contributed by atoms with Crippen molar-refractivity contribution >= 4 is 23.9 Å². The summed E-state index contributed by atoms with van der Waals surface area (Å²) in [6.07, 6.45) is 1.47. The summed E-state index contributed by atoms with van der Waals surface area (Å²) in [4.78, 5) is 45.3. The minimum absolute atomic E-state index is 0.111. The maximum Gasteiger partial charge on any atom is 0.407 e. The number of hydrogen-bond donors (Lipinski definition) is 3. The second-order valence-electron chi connectivity index (χ2n) is 11.1. The highest BCUT2D eigenvalue weighted by molar-refractivity contribution is 6.07. The van der Waals surface area contributed by atoms with Crippen molar-refractivity contribution in [2.75, 3.05) is 13.7 Å². The standard InChI is InChI=1S/C31H43N5O4/c1-21(2)20-31(24-15-10-7-11-16-24)28(38)36(29(32)35-31)18-12-17-25(22(3)4)33-27(37)26(34-30(39)40-5)19-23-13-8-6-9-14-23/h6-11,13-16,21-22,25-26H,12,17-20H2,1-5H3,(H2,32,35)(H,33,37)(H,34,39)/t25?,26-,31+/m0/s1. The molecule has 0 saturated heterocycles. The molecule has 1 heterocycles. The lowest BCUT2D eigenvalue weighted by molar-refractivity contribution is -0.132. The molecule has 40 heavy (non-hydrogen) atoms. The van der Waals surface area contributed by atoms with E-state index in [-0.39, 0.29) is 35.7 Å². The van der Waals surface area contributed by atoms with Gasteiger partial charge in [-0.2, -0.15) is 0 Å². The minimum Gasteiger partial charge on any atom is -0.453 e. The van der Waals surface area contributed by atoms with Crippen LogP contribution in [-0.4, -0.2) is 54.5 Å². The topological polar surface area (TPSA) is 126 Å².